The molecule has 2 aromatic rings. The summed E-state index contributed by atoms with van der Waals surface area (Å²) in [5.41, 5.74) is 6.33. The number of ether oxygens (including phenoxy) is 1. The Morgan fingerprint density at radius 3 is 2.43 bits per heavy atom. The van der Waals surface area contributed by atoms with Gasteiger partial charge in [-0.1, -0.05) is 24.7 Å². The van der Waals surface area contributed by atoms with Crippen LogP contribution in [0.4, 0.5) is 0 Å². The third-order valence-electron chi connectivity index (χ3n) is 2.62. The average Bonchev–Trinajstić information content (AvgIpc) is 3.02. The molecule has 2 heterocycles. The van der Waals surface area contributed by atoms with Crippen molar-refractivity contribution >= 4 is 34.2 Å². The maximum absolute atomic E-state index is 10.7. The first-order valence-electron chi connectivity index (χ1n) is 5.96. The van der Waals surface area contributed by atoms with Crippen molar-refractivity contribution in [2.45, 2.75) is 26.7 Å². The molecule has 21 heavy (non-hydrogen) atoms. The molecule has 0 unspecified atom stereocenters. The van der Waals surface area contributed by atoms with Crippen molar-refractivity contribution < 1.29 is 34.3 Å². The van der Waals surface area contributed by atoms with Gasteiger partial charge in [0.15, 0.2) is 22.9 Å². The molecule has 5 nitrogen and oxygen atoms in total. The fourth-order valence-electron chi connectivity index (χ4n) is 1.74. The van der Waals surface area contributed by atoms with E-state index in [1.54, 1.807) is 6.07 Å². The second-order valence-electron chi connectivity index (χ2n) is 4.09. The zero-order chi connectivity index (χ0) is 12.8. The van der Waals surface area contributed by atoms with Crippen LogP contribution in [0.2, 0.25) is 0 Å². The van der Waals surface area contributed by atoms with Gasteiger partial charge in [-0.25, -0.2) is 0 Å². The van der Waals surface area contributed by atoms with E-state index in [1.807, 2.05) is 18.2 Å². The van der Waals surface area contributed by atoms with E-state index in [4.69, 9.17) is 15.0 Å². The molecule has 1 aliphatic heterocycles. The van der Waals surface area contributed by atoms with Gasteiger partial charge >= 0.3 is 18.9 Å². The van der Waals surface area contributed by atoms with Crippen LogP contribution in [0, 0.1) is 0 Å². The largest absolute Gasteiger partial charge is 1.00 e. The first-order chi connectivity index (χ1) is 8.77. The monoisotopic (exact) mass is 302 g/mol. The Bertz CT molecular complexity index is 528. The first-order valence-corrected chi connectivity index (χ1v) is 5.96. The van der Waals surface area contributed by atoms with E-state index in [0.29, 0.717) is 11.3 Å². The molecule has 0 aliphatic carbocycles. The Morgan fingerprint density at radius 2 is 1.90 bits per heavy atom. The van der Waals surface area contributed by atoms with Gasteiger partial charge in [-0.3, -0.25) is 4.79 Å². The summed E-state index contributed by atoms with van der Waals surface area (Å²) in [5, 5.41) is 4.61. The molecule has 1 aromatic carbocycles. The molecule has 0 bridgehead atoms. The molecule has 1 amide bonds. The summed E-state index contributed by atoms with van der Waals surface area (Å²) in [6.07, 6.45) is 2.68. The predicted octanol–water partition coefficient (Wildman–Crippen LogP) is -1.78. The Labute approximate surface area is 149 Å². The van der Waals surface area contributed by atoms with Gasteiger partial charge in [0.1, 0.15) is 5.69 Å². The van der Waals surface area contributed by atoms with Crippen molar-refractivity contribution in [2.75, 3.05) is 13.2 Å². The fraction of sp³-hybridized carbons (Fsp3) is 0.429. The molecule has 112 valence electrons. The molecule has 0 atom stereocenters. The Morgan fingerprint density at radius 1 is 1.29 bits per heavy atom. The molecular weight excluding hydrogens is 278 g/mol. The topological polar surface area (TPSA) is 78.4 Å². The van der Waals surface area contributed by atoms with E-state index in [2.05, 4.69) is 5.16 Å². The number of hydrogen-bond donors (Lipinski definition) is 1. The third-order valence-corrected chi connectivity index (χ3v) is 2.62. The molecule has 2 N–H and O–H groups in total. The van der Waals surface area contributed by atoms with E-state index in [-0.39, 0.29) is 51.5 Å². The Kier molecular flexibility index (Phi) is 12.7. The van der Waals surface area contributed by atoms with E-state index in [9.17, 15) is 4.79 Å². The van der Waals surface area contributed by atoms with Crippen LogP contribution in [0.25, 0.3) is 11.0 Å². The first kappa shape index (κ1) is 22.5. The predicted molar refractivity (Wildman–Crippen MR) is 84.7 cm³/mol. The Balaban J connectivity index is -0.000000351. The molecule has 0 saturated carbocycles. The summed E-state index contributed by atoms with van der Waals surface area (Å²) in [5.74, 6) is -0.404. The molecule has 1 aromatic heterocycles. The second-order valence-corrected chi connectivity index (χ2v) is 4.09. The van der Waals surface area contributed by atoms with Crippen molar-refractivity contribution in [3.8, 4) is 0 Å². The molecular formula is C14H24AlLiN2O3. The van der Waals surface area contributed by atoms with Crippen LogP contribution in [0.1, 0.15) is 27.4 Å². The van der Waals surface area contributed by atoms with Crippen molar-refractivity contribution in [3.05, 3.63) is 30.0 Å². The van der Waals surface area contributed by atoms with Crippen LogP contribution >= 0.6 is 0 Å². The fourth-order valence-corrected chi connectivity index (χ4v) is 1.74. The smallest absolute Gasteiger partial charge is 1.00 e. The minimum absolute atomic E-state index is 0. The summed E-state index contributed by atoms with van der Waals surface area (Å²) in [6.45, 7) is 2.00. The van der Waals surface area contributed by atoms with Crippen molar-refractivity contribution in [2.24, 2.45) is 5.73 Å². The maximum Gasteiger partial charge on any atom is 1.00 e. The van der Waals surface area contributed by atoms with E-state index < -0.39 is 5.91 Å². The molecule has 1 fully saturated rings. The number of amides is 1. The molecule has 1 aliphatic rings. The number of rotatable bonds is 2. The summed E-state index contributed by atoms with van der Waals surface area (Å²) in [6, 6.07) is 7.36. The normalized spacial score (nSPS) is 12.2. The van der Waals surface area contributed by atoms with Crippen LogP contribution in [0.3, 0.4) is 0 Å². The van der Waals surface area contributed by atoms with Crippen LogP contribution < -0.4 is 24.6 Å². The van der Waals surface area contributed by atoms with Crippen LogP contribution in [0.15, 0.2) is 28.8 Å². The summed E-state index contributed by atoms with van der Waals surface area (Å²) in [4.78, 5) is 10.7. The number of carbonyl (C=O) groups excluding carboxylic acids is 1. The van der Waals surface area contributed by atoms with Gasteiger partial charge in [-0.2, -0.15) is 0 Å². The van der Waals surface area contributed by atoms with Gasteiger partial charge in [0, 0.05) is 18.6 Å². The number of primary amides is 1. The number of hydrogen-bond acceptors (Lipinski definition) is 4. The second kappa shape index (κ2) is 11.9. The number of nitrogens with two attached hydrogens (primary N) is 1. The zero-order valence-electron chi connectivity index (χ0n) is 12.1. The van der Waals surface area contributed by atoms with Crippen molar-refractivity contribution in [1.82, 2.24) is 5.16 Å². The average molecular weight is 302 g/mol. The quantitative estimate of drug-likeness (QED) is 0.666. The maximum atomic E-state index is 10.7. The number of carbonyl (C=O) groups is 1. The van der Waals surface area contributed by atoms with E-state index in [1.165, 1.54) is 12.8 Å². The van der Waals surface area contributed by atoms with Gasteiger partial charge in [-0.15, -0.1) is 0 Å². The zero-order valence-corrected chi connectivity index (χ0v) is 11.1. The molecule has 3 rings (SSSR count). The van der Waals surface area contributed by atoms with Crippen LogP contribution in [0.5, 0.6) is 0 Å². The molecule has 7 heteroatoms. The third kappa shape index (κ3) is 7.18. The number of aromatic nitrogens is 1. The number of nitrogens with zero attached hydrogens (tertiary/aromatic N) is 1. The molecule has 0 spiro atoms. The minimum Gasteiger partial charge on any atom is -1.00 e. The summed E-state index contributed by atoms with van der Waals surface area (Å²) < 4.78 is 9.94. The van der Waals surface area contributed by atoms with Crippen LogP contribution in [-0.4, -0.2) is 41.6 Å². The van der Waals surface area contributed by atoms with Crippen molar-refractivity contribution in [1.29, 1.82) is 0 Å². The van der Waals surface area contributed by atoms with Crippen molar-refractivity contribution in [3.63, 3.8) is 0 Å². The van der Waals surface area contributed by atoms with Gasteiger partial charge < -0.3 is 16.4 Å². The van der Waals surface area contributed by atoms with E-state index in [0.717, 1.165) is 18.6 Å². The number of para-hydroxylation sites is 1. The van der Waals surface area contributed by atoms with Crippen LogP contribution in [-0.2, 0) is 16.0 Å². The SMILES string of the molecule is C.C1CCOC1.NC(=O)Cc1noc2ccccc12.[AlH3].[H-].[Li+]. The van der Waals surface area contributed by atoms with Gasteiger partial charge in [0.25, 0.3) is 0 Å². The van der Waals surface area contributed by atoms with Gasteiger partial charge in [0.05, 0.1) is 6.42 Å². The molecule has 0 radical (unpaired) electrons. The number of benzene rings is 1. The summed E-state index contributed by atoms with van der Waals surface area (Å²) >= 11 is 0. The molecule has 1 saturated heterocycles. The summed E-state index contributed by atoms with van der Waals surface area (Å²) in [7, 11) is 0. The van der Waals surface area contributed by atoms with Gasteiger partial charge in [-0.05, 0) is 25.0 Å². The van der Waals surface area contributed by atoms with E-state index >= 15 is 0 Å². The standard InChI is InChI=1S/C9H8N2O2.C4H8O.CH4.Al.Li.4H/c10-9(12)5-7-6-3-1-2-4-8(6)13-11-7;1-2-4-5-3-1;;;;;;;/h1-4H,5H2,(H2,10,12);1-4H2;1H4;;;;;;/q;;;;+1;;;;-1. The number of fused-ring (bicyclic) bond motifs is 1. The Hall–Kier alpha value is -0.750. The van der Waals surface area contributed by atoms with Gasteiger partial charge in [0.2, 0.25) is 5.91 Å². The minimum atomic E-state index is -0.404.